The van der Waals surface area contributed by atoms with Crippen molar-refractivity contribution in [1.82, 2.24) is 29.6 Å². The molecule has 1 saturated heterocycles. The molecule has 130 valence electrons. The third-order valence-corrected chi connectivity index (χ3v) is 5.25. The van der Waals surface area contributed by atoms with E-state index in [4.69, 9.17) is 4.52 Å². The molecule has 4 rings (SSSR count). The molecule has 7 nitrogen and oxygen atoms in total. The molecule has 0 amide bonds. The lowest BCUT2D eigenvalue weighted by Crippen LogP contribution is -2.34. The van der Waals surface area contributed by atoms with Crippen LogP contribution in [-0.4, -0.2) is 42.7 Å². The van der Waals surface area contributed by atoms with Gasteiger partial charge in [-0.1, -0.05) is 9.64 Å². The average Bonchev–Trinajstić information content (AvgIpc) is 3.26. The van der Waals surface area contributed by atoms with Crippen LogP contribution in [-0.2, 0) is 6.54 Å². The van der Waals surface area contributed by atoms with Crippen LogP contribution in [0, 0.1) is 13.8 Å². The first-order valence-corrected chi connectivity index (χ1v) is 9.22. The minimum Gasteiger partial charge on any atom is -0.355 e. The Morgan fingerprint density at radius 3 is 2.88 bits per heavy atom. The van der Waals surface area contributed by atoms with Crippen LogP contribution in [0.25, 0.3) is 10.6 Å². The normalized spacial score (nSPS) is 18.6. The summed E-state index contributed by atoms with van der Waals surface area (Å²) in [5.74, 6) is 1.94. The molecule has 0 aromatic carbocycles. The Morgan fingerprint density at radius 2 is 2.12 bits per heavy atom. The summed E-state index contributed by atoms with van der Waals surface area (Å²) >= 11 is 1.38. The van der Waals surface area contributed by atoms with Crippen LogP contribution in [0.1, 0.15) is 41.5 Å². The van der Waals surface area contributed by atoms with Gasteiger partial charge in [0.25, 0.3) is 0 Å². The maximum Gasteiger partial charge on any atom is 0.180 e. The minimum atomic E-state index is 0.360. The largest absolute Gasteiger partial charge is 0.355 e. The summed E-state index contributed by atoms with van der Waals surface area (Å²) in [6, 6.07) is 1.95. The van der Waals surface area contributed by atoms with Crippen LogP contribution in [0.4, 0.5) is 0 Å². The molecule has 3 aromatic rings. The number of aromatic nitrogens is 5. The lowest BCUT2D eigenvalue weighted by Gasteiger charge is -2.31. The minimum absolute atomic E-state index is 0.360. The molecule has 0 radical (unpaired) electrons. The molecule has 0 spiro atoms. The fourth-order valence-corrected chi connectivity index (χ4v) is 3.99. The molecule has 25 heavy (non-hydrogen) atoms. The van der Waals surface area contributed by atoms with E-state index in [9.17, 15) is 0 Å². The number of hydrogen-bond donors (Lipinski definition) is 0. The molecule has 0 N–H and O–H groups in total. The van der Waals surface area contributed by atoms with Crippen molar-refractivity contribution in [2.75, 3.05) is 13.1 Å². The van der Waals surface area contributed by atoms with Gasteiger partial charge in [-0.2, -0.15) is 0 Å². The highest BCUT2D eigenvalue weighted by Gasteiger charge is 2.27. The predicted octanol–water partition coefficient (Wildman–Crippen LogP) is 2.98. The van der Waals surface area contributed by atoms with E-state index in [0.29, 0.717) is 5.92 Å². The van der Waals surface area contributed by atoms with Crippen molar-refractivity contribution in [2.45, 2.75) is 39.2 Å². The quantitative estimate of drug-likeness (QED) is 0.711. The van der Waals surface area contributed by atoms with Gasteiger partial charge in [-0.05, 0) is 44.8 Å². The maximum absolute atomic E-state index is 5.42. The van der Waals surface area contributed by atoms with Gasteiger partial charge >= 0.3 is 0 Å². The fraction of sp³-hybridized carbons (Fsp3) is 0.471. The van der Waals surface area contributed by atoms with Gasteiger partial charge in [0, 0.05) is 43.0 Å². The van der Waals surface area contributed by atoms with Gasteiger partial charge in [-0.25, -0.2) is 9.97 Å². The first-order valence-electron chi connectivity index (χ1n) is 8.45. The van der Waals surface area contributed by atoms with E-state index in [1.807, 2.05) is 32.3 Å². The Kier molecular flexibility index (Phi) is 4.54. The van der Waals surface area contributed by atoms with E-state index >= 15 is 0 Å². The molecule has 1 aliphatic rings. The molecule has 3 aromatic heterocycles. The summed E-state index contributed by atoms with van der Waals surface area (Å²) in [5.41, 5.74) is 3.05. The molecule has 0 aliphatic carbocycles. The Balaban J connectivity index is 1.50. The number of rotatable bonds is 4. The van der Waals surface area contributed by atoms with Crippen LogP contribution in [0.3, 0.4) is 0 Å². The molecular weight excluding hydrogens is 336 g/mol. The number of hydrogen-bond acceptors (Lipinski definition) is 8. The molecule has 1 fully saturated rings. The predicted molar refractivity (Wildman–Crippen MR) is 94.2 cm³/mol. The first-order chi connectivity index (χ1) is 12.2. The van der Waals surface area contributed by atoms with Crippen LogP contribution < -0.4 is 0 Å². The van der Waals surface area contributed by atoms with Crippen molar-refractivity contribution in [3.05, 3.63) is 41.2 Å². The van der Waals surface area contributed by atoms with Crippen molar-refractivity contribution in [3.63, 3.8) is 0 Å². The third-order valence-electron chi connectivity index (χ3n) is 4.50. The van der Waals surface area contributed by atoms with Crippen LogP contribution >= 0.6 is 11.5 Å². The molecule has 0 bridgehead atoms. The summed E-state index contributed by atoms with van der Waals surface area (Å²) in [6.45, 7) is 6.74. The Bertz CT molecular complexity index is 843. The van der Waals surface area contributed by atoms with Gasteiger partial charge in [0.1, 0.15) is 10.7 Å². The number of piperidine rings is 1. The second-order valence-electron chi connectivity index (χ2n) is 6.53. The van der Waals surface area contributed by atoms with E-state index in [0.717, 1.165) is 65.9 Å². The zero-order valence-electron chi connectivity index (χ0n) is 14.3. The standard InChI is InChI=1S/C17H20N6OS/c1-11-6-15(24-21-11)17-16(20-22-25-17)14-4-3-5-23(10-14)9-13-7-18-12(2)19-8-13/h6-8,14H,3-5,9-10H2,1-2H3. The zero-order valence-corrected chi connectivity index (χ0v) is 15.2. The second-order valence-corrected chi connectivity index (χ2v) is 7.29. The van der Waals surface area contributed by atoms with Crippen molar-refractivity contribution >= 4 is 11.5 Å². The van der Waals surface area contributed by atoms with E-state index in [1.54, 1.807) is 0 Å². The van der Waals surface area contributed by atoms with E-state index < -0.39 is 0 Å². The van der Waals surface area contributed by atoms with Crippen LogP contribution in [0.5, 0.6) is 0 Å². The molecule has 0 saturated carbocycles. The lowest BCUT2D eigenvalue weighted by atomic mass is 9.93. The average molecular weight is 356 g/mol. The van der Waals surface area contributed by atoms with Crippen molar-refractivity contribution in [1.29, 1.82) is 0 Å². The van der Waals surface area contributed by atoms with Crippen molar-refractivity contribution in [2.24, 2.45) is 0 Å². The van der Waals surface area contributed by atoms with Crippen molar-refractivity contribution in [3.8, 4) is 10.6 Å². The monoisotopic (exact) mass is 356 g/mol. The van der Waals surface area contributed by atoms with Gasteiger partial charge in [-0.3, -0.25) is 4.90 Å². The highest BCUT2D eigenvalue weighted by Crippen LogP contribution is 2.35. The molecular formula is C17H20N6OS. The number of aryl methyl sites for hydroxylation is 2. The van der Waals surface area contributed by atoms with Crippen LogP contribution in [0.2, 0.25) is 0 Å². The summed E-state index contributed by atoms with van der Waals surface area (Å²) < 4.78 is 9.59. The summed E-state index contributed by atoms with van der Waals surface area (Å²) in [4.78, 5) is 12.0. The topological polar surface area (TPSA) is 80.8 Å². The Morgan fingerprint density at radius 1 is 1.28 bits per heavy atom. The smallest absolute Gasteiger partial charge is 0.180 e. The Labute approximate surface area is 150 Å². The van der Waals surface area contributed by atoms with Gasteiger partial charge in [0.2, 0.25) is 0 Å². The number of nitrogens with zero attached hydrogens (tertiary/aromatic N) is 6. The lowest BCUT2D eigenvalue weighted by molar-refractivity contribution is 0.198. The van der Waals surface area contributed by atoms with E-state index in [1.165, 1.54) is 11.5 Å². The fourth-order valence-electron chi connectivity index (χ4n) is 3.29. The molecule has 4 heterocycles. The van der Waals surface area contributed by atoms with Gasteiger partial charge < -0.3 is 4.52 Å². The summed E-state index contributed by atoms with van der Waals surface area (Å²) in [7, 11) is 0. The van der Waals surface area contributed by atoms with Crippen LogP contribution in [0.15, 0.2) is 23.0 Å². The maximum atomic E-state index is 5.42. The SMILES string of the molecule is Cc1cc(-c2snnc2C2CCCN(Cc3cnc(C)nc3)C2)on1. The summed E-state index contributed by atoms with van der Waals surface area (Å²) in [6.07, 6.45) is 6.09. The van der Waals surface area contributed by atoms with Crippen molar-refractivity contribution < 1.29 is 4.52 Å². The molecule has 1 unspecified atom stereocenters. The number of likely N-dealkylation sites (tertiary alicyclic amines) is 1. The highest BCUT2D eigenvalue weighted by molar-refractivity contribution is 7.09. The first kappa shape index (κ1) is 16.3. The van der Waals surface area contributed by atoms with Gasteiger partial charge in [0.15, 0.2) is 5.76 Å². The second kappa shape index (κ2) is 6.97. The Hall–Kier alpha value is -2.19. The van der Waals surface area contributed by atoms with Gasteiger partial charge in [0.05, 0.1) is 11.4 Å². The summed E-state index contributed by atoms with van der Waals surface area (Å²) in [5, 5.41) is 8.40. The highest BCUT2D eigenvalue weighted by atomic mass is 32.1. The van der Waals surface area contributed by atoms with E-state index in [2.05, 4.69) is 29.6 Å². The van der Waals surface area contributed by atoms with Gasteiger partial charge in [-0.15, -0.1) is 5.10 Å². The van der Waals surface area contributed by atoms with E-state index in [-0.39, 0.29) is 0 Å². The molecule has 8 heteroatoms. The molecule has 1 atom stereocenters. The zero-order chi connectivity index (χ0) is 17.2. The molecule has 1 aliphatic heterocycles. The third kappa shape index (κ3) is 3.59.